The minimum absolute atomic E-state index is 0.0682. The van der Waals surface area contributed by atoms with Gasteiger partial charge in [-0.3, -0.25) is 4.79 Å². The molecule has 0 aromatic heterocycles. The number of esters is 1. The number of carbonyl (C=O) groups is 1. The Kier molecular flexibility index (Phi) is 20.4. The first-order valence-electron chi connectivity index (χ1n) is 24.6. The molecule has 2 heteroatoms. The highest BCUT2D eigenvalue weighted by molar-refractivity contribution is 5.69. The molecule has 8 atom stereocenters. The average Bonchev–Trinajstić information content (AvgIpc) is 3.49. The van der Waals surface area contributed by atoms with Crippen LogP contribution < -0.4 is 0 Å². The molecule has 3 saturated carbocycles. The highest BCUT2D eigenvalue weighted by Gasteiger charge is 2.59. The molecule has 308 valence electrons. The Hall–Kier alpha value is -0.790. The summed E-state index contributed by atoms with van der Waals surface area (Å²) in [6.07, 6.45) is 47.3. The fraction of sp³-hybridized carbons (Fsp3) is 0.941. The van der Waals surface area contributed by atoms with Crippen molar-refractivity contribution in [1.29, 1.82) is 0 Å². The largest absolute Gasteiger partial charge is 0.462 e. The highest BCUT2D eigenvalue weighted by atomic mass is 16.5. The van der Waals surface area contributed by atoms with Gasteiger partial charge in [-0.2, -0.15) is 0 Å². The van der Waals surface area contributed by atoms with E-state index in [0.717, 1.165) is 54.8 Å². The SMILES string of the molecule is CCCCCCCCCCCCCCCCCCCCCCCC(=O)OC1CC[C@@]2(C)C(=CC[C@H]3[C@@H]4CC[C@H]([C@H](C)CCCC(C)C)[C@@]4(C)CC[C@@H]32)C1. The van der Waals surface area contributed by atoms with Crippen LogP contribution in [0.1, 0.15) is 253 Å². The molecule has 0 aromatic rings. The molecule has 4 aliphatic carbocycles. The van der Waals surface area contributed by atoms with Gasteiger partial charge in [-0.05, 0) is 97.7 Å². The minimum Gasteiger partial charge on any atom is -0.462 e. The normalized spacial score (nSPS) is 30.1. The Bertz CT molecular complexity index is 1030. The standard InChI is InChI=1S/C51H92O2/c1-7-8-9-10-11-12-13-14-15-16-17-18-19-20-21-22-23-24-25-26-27-31-49(52)53-44-36-38-50(5)43(40-44)32-33-45-47-35-34-46(42(4)30-28-29-41(2)3)51(47,6)39-37-48(45)50/h32,41-42,44-48H,7-31,33-40H2,1-6H3/t42-,44?,45+,46-,47+,48+,50+,51-/m1/s1. The van der Waals surface area contributed by atoms with Gasteiger partial charge in [0.05, 0.1) is 0 Å². The number of fused-ring (bicyclic) bond motifs is 5. The van der Waals surface area contributed by atoms with Crippen LogP contribution in [-0.4, -0.2) is 12.1 Å². The third-order valence-electron chi connectivity index (χ3n) is 16.0. The molecule has 0 heterocycles. The van der Waals surface area contributed by atoms with Gasteiger partial charge in [-0.1, -0.05) is 201 Å². The first kappa shape index (κ1) is 44.9. The maximum atomic E-state index is 12.9. The van der Waals surface area contributed by atoms with E-state index < -0.39 is 0 Å². The molecule has 0 aliphatic heterocycles. The third-order valence-corrected chi connectivity index (χ3v) is 16.0. The second kappa shape index (κ2) is 24.1. The van der Waals surface area contributed by atoms with Crippen molar-refractivity contribution in [3.63, 3.8) is 0 Å². The van der Waals surface area contributed by atoms with Crippen molar-refractivity contribution in [1.82, 2.24) is 0 Å². The smallest absolute Gasteiger partial charge is 0.306 e. The van der Waals surface area contributed by atoms with Gasteiger partial charge in [0, 0.05) is 12.8 Å². The van der Waals surface area contributed by atoms with Crippen LogP contribution in [0, 0.1) is 46.3 Å². The lowest BCUT2D eigenvalue weighted by Gasteiger charge is -2.58. The van der Waals surface area contributed by atoms with Gasteiger partial charge >= 0.3 is 5.97 Å². The molecule has 53 heavy (non-hydrogen) atoms. The molecule has 3 fully saturated rings. The third kappa shape index (κ3) is 14.0. The second-order valence-electron chi connectivity index (χ2n) is 20.5. The molecule has 0 spiro atoms. The number of allylic oxidation sites excluding steroid dienone is 1. The quantitative estimate of drug-likeness (QED) is 0.0454. The Balaban J connectivity index is 1.00. The molecular formula is C51H92O2. The van der Waals surface area contributed by atoms with Crippen LogP contribution in [0.4, 0.5) is 0 Å². The van der Waals surface area contributed by atoms with E-state index in [1.165, 1.54) is 186 Å². The summed E-state index contributed by atoms with van der Waals surface area (Å²) in [6, 6.07) is 0. The predicted octanol–water partition coefficient (Wildman–Crippen LogP) is 16.5. The van der Waals surface area contributed by atoms with Gasteiger partial charge in [-0.15, -0.1) is 0 Å². The van der Waals surface area contributed by atoms with Crippen LogP contribution in [0.15, 0.2) is 11.6 Å². The summed E-state index contributed by atoms with van der Waals surface area (Å²) in [5.41, 5.74) is 2.54. The van der Waals surface area contributed by atoms with E-state index in [-0.39, 0.29) is 12.1 Å². The van der Waals surface area contributed by atoms with Crippen LogP contribution in [0.5, 0.6) is 0 Å². The van der Waals surface area contributed by atoms with Crippen molar-refractivity contribution in [2.45, 2.75) is 260 Å². The monoisotopic (exact) mass is 737 g/mol. The van der Waals surface area contributed by atoms with Crippen LogP contribution in [0.2, 0.25) is 0 Å². The zero-order valence-electron chi connectivity index (χ0n) is 36.8. The molecule has 0 bridgehead atoms. The van der Waals surface area contributed by atoms with E-state index in [4.69, 9.17) is 4.74 Å². The molecule has 0 aromatic carbocycles. The highest BCUT2D eigenvalue weighted by Crippen LogP contribution is 2.67. The lowest BCUT2D eigenvalue weighted by atomic mass is 9.47. The zero-order valence-corrected chi connectivity index (χ0v) is 36.8. The van der Waals surface area contributed by atoms with Crippen molar-refractivity contribution in [2.75, 3.05) is 0 Å². The first-order valence-corrected chi connectivity index (χ1v) is 24.6. The van der Waals surface area contributed by atoms with Crippen molar-refractivity contribution in [3.05, 3.63) is 11.6 Å². The van der Waals surface area contributed by atoms with Crippen LogP contribution in [0.3, 0.4) is 0 Å². The molecule has 1 unspecified atom stereocenters. The molecule has 2 nitrogen and oxygen atoms in total. The van der Waals surface area contributed by atoms with Gasteiger partial charge < -0.3 is 4.74 Å². The fourth-order valence-electron chi connectivity index (χ4n) is 12.7. The Labute approximate surface area is 332 Å². The second-order valence-corrected chi connectivity index (χ2v) is 20.5. The number of hydrogen-bond acceptors (Lipinski definition) is 2. The Morgan fingerprint density at radius 3 is 1.75 bits per heavy atom. The molecule has 0 saturated heterocycles. The van der Waals surface area contributed by atoms with Crippen LogP contribution in [-0.2, 0) is 9.53 Å². The molecule has 0 amide bonds. The summed E-state index contributed by atoms with van der Waals surface area (Å²) in [4.78, 5) is 12.9. The van der Waals surface area contributed by atoms with Crippen molar-refractivity contribution in [2.24, 2.45) is 46.3 Å². The van der Waals surface area contributed by atoms with E-state index in [1.54, 1.807) is 5.57 Å². The van der Waals surface area contributed by atoms with E-state index in [0.29, 0.717) is 17.3 Å². The Morgan fingerprint density at radius 1 is 0.660 bits per heavy atom. The Morgan fingerprint density at radius 2 is 1.21 bits per heavy atom. The molecule has 4 aliphatic rings. The van der Waals surface area contributed by atoms with E-state index in [2.05, 4.69) is 47.6 Å². The predicted molar refractivity (Wildman–Crippen MR) is 230 cm³/mol. The summed E-state index contributed by atoms with van der Waals surface area (Å²) in [6.45, 7) is 15.0. The summed E-state index contributed by atoms with van der Waals surface area (Å²) < 4.78 is 6.16. The molecule has 0 radical (unpaired) electrons. The van der Waals surface area contributed by atoms with Gasteiger partial charge in [0.15, 0.2) is 0 Å². The summed E-state index contributed by atoms with van der Waals surface area (Å²) in [7, 11) is 0. The number of rotatable bonds is 28. The average molecular weight is 737 g/mol. The number of hydrogen-bond donors (Lipinski definition) is 0. The van der Waals surface area contributed by atoms with Gasteiger partial charge in [-0.25, -0.2) is 0 Å². The van der Waals surface area contributed by atoms with Crippen molar-refractivity contribution >= 4 is 5.97 Å². The topological polar surface area (TPSA) is 26.3 Å². The number of ether oxygens (including phenoxy) is 1. The van der Waals surface area contributed by atoms with Crippen LogP contribution >= 0.6 is 0 Å². The first-order chi connectivity index (χ1) is 25.7. The van der Waals surface area contributed by atoms with E-state index in [1.807, 2.05) is 0 Å². The molecular weight excluding hydrogens is 645 g/mol. The molecule has 0 N–H and O–H groups in total. The number of carbonyl (C=O) groups excluding carboxylic acids is 1. The maximum absolute atomic E-state index is 12.9. The summed E-state index contributed by atoms with van der Waals surface area (Å²) >= 11 is 0. The maximum Gasteiger partial charge on any atom is 0.306 e. The van der Waals surface area contributed by atoms with Crippen molar-refractivity contribution in [3.8, 4) is 0 Å². The van der Waals surface area contributed by atoms with Gasteiger partial charge in [0.1, 0.15) is 6.10 Å². The zero-order chi connectivity index (χ0) is 37.9. The minimum atomic E-state index is 0.0682. The molecule has 4 rings (SSSR count). The lowest BCUT2D eigenvalue weighted by Crippen LogP contribution is -2.51. The number of unbranched alkanes of at least 4 members (excludes halogenated alkanes) is 20. The van der Waals surface area contributed by atoms with E-state index >= 15 is 0 Å². The van der Waals surface area contributed by atoms with Gasteiger partial charge in [0.2, 0.25) is 0 Å². The summed E-state index contributed by atoms with van der Waals surface area (Å²) in [5, 5.41) is 0. The van der Waals surface area contributed by atoms with Crippen LogP contribution in [0.25, 0.3) is 0 Å². The van der Waals surface area contributed by atoms with Gasteiger partial charge in [0.25, 0.3) is 0 Å². The van der Waals surface area contributed by atoms with Crippen molar-refractivity contribution < 1.29 is 9.53 Å². The summed E-state index contributed by atoms with van der Waals surface area (Å²) in [5.74, 6) is 5.34. The van der Waals surface area contributed by atoms with E-state index in [9.17, 15) is 4.79 Å². The fourth-order valence-corrected chi connectivity index (χ4v) is 12.7. The lowest BCUT2D eigenvalue weighted by molar-refractivity contribution is -0.151.